The van der Waals surface area contributed by atoms with Crippen molar-refractivity contribution in [3.63, 3.8) is 0 Å². The number of fused-ring (bicyclic) bond motifs is 5. The molecule has 160 valence electrons. The summed E-state index contributed by atoms with van der Waals surface area (Å²) < 4.78 is 6.15. The summed E-state index contributed by atoms with van der Waals surface area (Å²) in [4.78, 5) is 0. The highest BCUT2D eigenvalue weighted by Crippen LogP contribution is 2.52. The molecule has 1 heterocycles. The largest absolute Gasteiger partial charge is 0.491 e. The molecule has 1 N–H and O–H groups in total. The van der Waals surface area contributed by atoms with E-state index in [1.807, 2.05) is 0 Å². The van der Waals surface area contributed by atoms with Crippen molar-refractivity contribution in [3.8, 4) is 5.75 Å². The average Bonchev–Trinajstić information content (AvgIpc) is 3.33. The Morgan fingerprint density at radius 1 is 0.938 bits per heavy atom. The molecule has 4 unspecified atom stereocenters. The van der Waals surface area contributed by atoms with Crippen molar-refractivity contribution < 1.29 is 4.74 Å². The molecule has 0 radical (unpaired) electrons. The molecule has 0 amide bonds. The van der Waals surface area contributed by atoms with E-state index in [-0.39, 0.29) is 12.1 Å². The number of ether oxygens (including phenoxy) is 1. The van der Waals surface area contributed by atoms with Crippen LogP contribution in [-0.2, 0) is 0 Å². The lowest BCUT2D eigenvalue weighted by atomic mass is 9.75. The van der Waals surface area contributed by atoms with Crippen LogP contribution in [-0.4, -0.2) is 6.10 Å². The molecule has 32 heavy (non-hydrogen) atoms. The topological polar surface area (TPSA) is 21.3 Å². The molecule has 1 aliphatic heterocycles. The van der Waals surface area contributed by atoms with E-state index < -0.39 is 0 Å². The molecular weight excluding hydrogens is 390 g/mol. The maximum Gasteiger partial charge on any atom is 0.120 e. The van der Waals surface area contributed by atoms with Gasteiger partial charge in [-0.2, -0.15) is 0 Å². The van der Waals surface area contributed by atoms with Crippen molar-refractivity contribution in [1.82, 2.24) is 0 Å². The van der Waals surface area contributed by atoms with Crippen molar-refractivity contribution in [2.45, 2.75) is 44.8 Å². The van der Waals surface area contributed by atoms with E-state index in [0.29, 0.717) is 11.8 Å². The Balaban J connectivity index is 1.51. The standard InChI is InChI=1S/C30H29NO/c1-3-19(2)32-22-15-16-28-27(18-22)25-13-8-14-26(25)30(31-28)29-23-11-6-4-9-20(23)17-21-10-5-7-12-24(21)29/h4-13,15-19,25-26,30-31H,3,14H2,1-2H3. The van der Waals surface area contributed by atoms with Crippen LogP contribution in [0.3, 0.4) is 0 Å². The van der Waals surface area contributed by atoms with Gasteiger partial charge in [-0.1, -0.05) is 67.6 Å². The normalized spacial score (nSPS) is 22.4. The fourth-order valence-corrected chi connectivity index (χ4v) is 5.63. The first kappa shape index (κ1) is 19.4. The lowest BCUT2D eigenvalue weighted by molar-refractivity contribution is 0.217. The third-order valence-corrected chi connectivity index (χ3v) is 7.37. The lowest BCUT2D eigenvalue weighted by Gasteiger charge is -2.38. The van der Waals surface area contributed by atoms with E-state index in [2.05, 4.69) is 104 Å². The van der Waals surface area contributed by atoms with E-state index in [1.165, 1.54) is 38.4 Å². The van der Waals surface area contributed by atoms with Crippen molar-refractivity contribution in [2.75, 3.05) is 5.32 Å². The molecule has 2 aliphatic rings. The number of anilines is 1. The van der Waals surface area contributed by atoms with E-state index in [9.17, 15) is 0 Å². The van der Waals surface area contributed by atoms with Gasteiger partial charge in [0, 0.05) is 11.6 Å². The minimum absolute atomic E-state index is 0.231. The van der Waals surface area contributed by atoms with E-state index in [4.69, 9.17) is 4.74 Å². The number of rotatable bonds is 4. The SMILES string of the molecule is CCC(C)Oc1ccc2c(c1)C1C=CCC1C(c1c3ccccc3cc3ccccc13)N2. The molecule has 0 saturated carbocycles. The molecule has 0 bridgehead atoms. The van der Waals surface area contributed by atoms with E-state index >= 15 is 0 Å². The summed E-state index contributed by atoms with van der Waals surface area (Å²) in [5, 5.41) is 9.31. The van der Waals surface area contributed by atoms with Gasteiger partial charge in [0.1, 0.15) is 5.75 Å². The third-order valence-electron chi connectivity index (χ3n) is 7.37. The molecule has 0 aromatic heterocycles. The predicted octanol–water partition coefficient (Wildman–Crippen LogP) is 8.00. The Labute approximate surface area is 189 Å². The van der Waals surface area contributed by atoms with Crippen molar-refractivity contribution in [2.24, 2.45) is 5.92 Å². The Morgan fingerprint density at radius 3 is 2.38 bits per heavy atom. The van der Waals surface area contributed by atoms with Crippen LogP contribution >= 0.6 is 0 Å². The maximum absolute atomic E-state index is 6.15. The monoisotopic (exact) mass is 419 g/mol. The van der Waals surface area contributed by atoms with Gasteiger partial charge in [-0.15, -0.1) is 0 Å². The first-order chi connectivity index (χ1) is 15.7. The van der Waals surface area contributed by atoms with Crippen LogP contribution in [0.5, 0.6) is 5.75 Å². The number of nitrogens with one attached hydrogen (secondary N) is 1. The molecular formula is C30H29NO. The zero-order valence-corrected chi connectivity index (χ0v) is 18.7. The summed E-state index contributed by atoms with van der Waals surface area (Å²) in [6, 6.07) is 26.9. The quantitative estimate of drug-likeness (QED) is 0.267. The summed E-state index contributed by atoms with van der Waals surface area (Å²) in [7, 11) is 0. The van der Waals surface area contributed by atoms with Gasteiger partial charge in [0.15, 0.2) is 0 Å². The molecule has 2 heteroatoms. The maximum atomic E-state index is 6.15. The molecule has 0 fully saturated rings. The van der Waals surface area contributed by atoms with Crippen molar-refractivity contribution >= 4 is 27.2 Å². The smallest absolute Gasteiger partial charge is 0.120 e. The second kappa shape index (κ2) is 7.70. The van der Waals surface area contributed by atoms with Crippen molar-refractivity contribution in [1.29, 1.82) is 0 Å². The van der Waals surface area contributed by atoms with Crippen molar-refractivity contribution in [3.05, 3.63) is 96.1 Å². The van der Waals surface area contributed by atoms with Crippen LogP contribution in [0.15, 0.2) is 84.9 Å². The minimum atomic E-state index is 0.231. The number of allylic oxidation sites excluding steroid dienone is 2. The molecule has 2 nitrogen and oxygen atoms in total. The average molecular weight is 420 g/mol. The minimum Gasteiger partial charge on any atom is -0.491 e. The van der Waals surface area contributed by atoms with Gasteiger partial charge in [-0.25, -0.2) is 0 Å². The predicted molar refractivity (Wildman–Crippen MR) is 135 cm³/mol. The van der Waals surface area contributed by atoms with Crippen LogP contribution in [0.4, 0.5) is 5.69 Å². The Hall–Kier alpha value is -3.26. The molecule has 4 aromatic rings. The molecule has 4 aromatic carbocycles. The van der Waals surface area contributed by atoms with Gasteiger partial charge < -0.3 is 10.1 Å². The molecule has 0 spiro atoms. The first-order valence-corrected chi connectivity index (χ1v) is 11.9. The third kappa shape index (κ3) is 3.09. The molecule has 1 aliphatic carbocycles. The first-order valence-electron chi connectivity index (χ1n) is 11.9. The highest BCUT2D eigenvalue weighted by Gasteiger charge is 2.39. The highest BCUT2D eigenvalue weighted by atomic mass is 16.5. The summed E-state index contributed by atoms with van der Waals surface area (Å²) >= 11 is 0. The second-order valence-electron chi connectivity index (χ2n) is 9.29. The Kier molecular flexibility index (Phi) is 4.68. The van der Waals surface area contributed by atoms with Gasteiger partial charge in [0.2, 0.25) is 0 Å². The summed E-state index contributed by atoms with van der Waals surface area (Å²) in [5.74, 6) is 1.89. The summed E-state index contributed by atoms with van der Waals surface area (Å²) in [6.07, 6.45) is 7.12. The molecule has 4 atom stereocenters. The van der Waals surface area contributed by atoms with Gasteiger partial charge in [-0.3, -0.25) is 0 Å². The van der Waals surface area contributed by atoms with Crippen LogP contribution in [0.2, 0.25) is 0 Å². The molecule has 0 saturated heterocycles. The van der Waals surface area contributed by atoms with Crippen LogP contribution < -0.4 is 10.1 Å². The van der Waals surface area contributed by atoms with Crippen LogP contribution in [0, 0.1) is 5.92 Å². The fraction of sp³-hybridized carbons (Fsp3) is 0.267. The van der Waals surface area contributed by atoms with Gasteiger partial charge in [-0.05, 0) is 82.6 Å². The number of hydrogen-bond acceptors (Lipinski definition) is 2. The highest BCUT2D eigenvalue weighted by molar-refractivity contribution is 6.03. The Morgan fingerprint density at radius 2 is 1.66 bits per heavy atom. The fourth-order valence-electron chi connectivity index (χ4n) is 5.63. The van der Waals surface area contributed by atoms with Gasteiger partial charge in [0.25, 0.3) is 0 Å². The van der Waals surface area contributed by atoms with Crippen LogP contribution in [0.1, 0.15) is 49.8 Å². The van der Waals surface area contributed by atoms with E-state index in [0.717, 1.165) is 18.6 Å². The summed E-state index contributed by atoms with van der Waals surface area (Å²) in [6.45, 7) is 4.30. The number of hydrogen-bond donors (Lipinski definition) is 1. The summed E-state index contributed by atoms with van der Waals surface area (Å²) in [5.41, 5.74) is 4.03. The zero-order valence-electron chi connectivity index (χ0n) is 18.7. The number of benzene rings is 4. The van der Waals surface area contributed by atoms with Crippen LogP contribution in [0.25, 0.3) is 21.5 Å². The Bertz CT molecular complexity index is 1280. The lowest BCUT2D eigenvalue weighted by Crippen LogP contribution is -2.29. The van der Waals surface area contributed by atoms with E-state index in [1.54, 1.807) is 0 Å². The van der Waals surface area contributed by atoms with Gasteiger partial charge >= 0.3 is 0 Å². The second-order valence-corrected chi connectivity index (χ2v) is 9.29. The van der Waals surface area contributed by atoms with Gasteiger partial charge in [0.05, 0.1) is 12.1 Å². The zero-order chi connectivity index (χ0) is 21.7. The molecule has 6 rings (SSSR count).